The van der Waals surface area contributed by atoms with Gasteiger partial charge in [-0.1, -0.05) is 12.1 Å². The second kappa shape index (κ2) is 10.2. The molecule has 2 aromatic heterocycles. The molecule has 35 heavy (non-hydrogen) atoms. The van der Waals surface area contributed by atoms with E-state index in [4.69, 9.17) is 4.74 Å². The van der Waals surface area contributed by atoms with E-state index in [1.807, 2.05) is 24.9 Å². The van der Waals surface area contributed by atoms with Crippen molar-refractivity contribution in [3.63, 3.8) is 0 Å². The number of aromatic nitrogens is 2. The van der Waals surface area contributed by atoms with E-state index in [9.17, 15) is 13.2 Å². The number of ether oxygens (including phenoxy) is 1. The molecule has 1 aliphatic heterocycles. The number of fused-ring (bicyclic) bond motifs is 1. The first-order valence-corrected chi connectivity index (χ1v) is 13.5. The molecule has 9 heteroatoms. The lowest BCUT2D eigenvalue weighted by molar-refractivity contribution is -0.133. The molecular formula is C26H32N4O4S. The summed E-state index contributed by atoms with van der Waals surface area (Å²) in [5, 5.41) is 0.530. The first kappa shape index (κ1) is 24.9. The fourth-order valence-corrected chi connectivity index (χ4v) is 6.24. The summed E-state index contributed by atoms with van der Waals surface area (Å²) >= 11 is 0. The van der Waals surface area contributed by atoms with Crippen LogP contribution < -0.4 is 9.64 Å². The van der Waals surface area contributed by atoms with Crippen LogP contribution in [0.1, 0.15) is 30.9 Å². The summed E-state index contributed by atoms with van der Waals surface area (Å²) in [6, 6.07) is 8.87. The van der Waals surface area contributed by atoms with Gasteiger partial charge < -0.3 is 14.5 Å². The van der Waals surface area contributed by atoms with Gasteiger partial charge in [0.25, 0.3) is 0 Å². The molecule has 0 bridgehead atoms. The molecule has 3 aromatic rings. The Morgan fingerprint density at radius 3 is 2.66 bits per heavy atom. The molecule has 3 heterocycles. The zero-order chi connectivity index (χ0) is 25.2. The molecule has 1 fully saturated rings. The second-order valence-electron chi connectivity index (χ2n) is 9.16. The molecule has 1 amide bonds. The summed E-state index contributed by atoms with van der Waals surface area (Å²) in [5.74, 6) is 1.35. The van der Waals surface area contributed by atoms with Crippen molar-refractivity contribution in [1.29, 1.82) is 0 Å². The van der Waals surface area contributed by atoms with Crippen LogP contribution in [0.3, 0.4) is 0 Å². The van der Waals surface area contributed by atoms with Gasteiger partial charge in [0.05, 0.1) is 29.5 Å². The number of hydrogen-bond donors (Lipinski definition) is 0. The van der Waals surface area contributed by atoms with Crippen LogP contribution in [0.5, 0.6) is 5.75 Å². The highest BCUT2D eigenvalue weighted by Crippen LogP contribution is 2.27. The predicted molar refractivity (Wildman–Crippen MR) is 137 cm³/mol. The number of sulfone groups is 1. The quantitative estimate of drug-likeness (QED) is 0.494. The number of methoxy groups -OCH3 is 1. The highest BCUT2D eigenvalue weighted by atomic mass is 32.2. The smallest absolute Gasteiger partial charge is 0.222 e. The first-order valence-electron chi connectivity index (χ1n) is 11.8. The Kier molecular flexibility index (Phi) is 7.25. The fourth-order valence-electron chi connectivity index (χ4n) is 4.71. The number of anilines is 1. The van der Waals surface area contributed by atoms with Crippen molar-refractivity contribution in [2.45, 2.75) is 44.6 Å². The maximum Gasteiger partial charge on any atom is 0.222 e. The van der Waals surface area contributed by atoms with Gasteiger partial charge in [-0.05, 0) is 56.5 Å². The van der Waals surface area contributed by atoms with Gasteiger partial charge in [-0.2, -0.15) is 0 Å². The Hall–Kier alpha value is -3.20. The zero-order valence-electron chi connectivity index (χ0n) is 20.7. The molecule has 0 spiro atoms. The summed E-state index contributed by atoms with van der Waals surface area (Å²) < 4.78 is 31.4. The number of carbonyl (C=O) groups is 1. The van der Waals surface area contributed by atoms with E-state index in [0.717, 1.165) is 16.9 Å². The van der Waals surface area contributed by atoms with Gasteiger partial charge in [0.15, 0.2) is 9.84 Å². The van der Waals surface area contributed by atoms with E-state index in [1.54, 1.807) is 30.5 Å². The van der Waals surface area contributed by atoms with E-state index >= 15 is 0 Å². The summed E-state index contributed by atoms with van der Waals surface area (Å²) in [4.78, 5) is 26.1. The number of pyridine rings is 2. The summed E-state index contributed by atoms with van der Waals surface area (Å²) in [6.45, 7) is 8.11. The Morgan fingerprint density at radius 1 is 1.14 bits per heavy atom. The van der Waals surface area contributed by atoms with E-state index in [1.165, 1.54) is 7.11 Å². The standard InChI is InChI=1S/C26H32N4O4S/c1-18-13-19(2)26(28-15-18)29-10-11-30(20(3)17-29)25(31)9-6-12-35(32,33)24-8-5-7-23-22(24)14-21(34-4)16-27-23/h5,7-8,13-16,20H,6,9-12,17H2,1-4H3/t20-/m0/s1. The topological polar surface area (TPSA) is 92.7 Å². The number of benzene rings is 1. The van der Waals surface area contributed by atoms with Crippen LogP contribution in [0.25, 0.3) is 10.9 Å². The summed E-state index contributed by atoms with van der Waals surface area (Å²) in [6.07, 6.45) is 3.89. The number of rotatable bonds is 7. The molecule has 1 saturated heterocycles. The minimum absolute atomic E-state index is 0.0119. The Labute approximate surface area is 206 Å². The van der Waals surface area contributed by atoms with E-state index in [-0.39, 0.29) is 35.4 Å². The molecule has 0 N–H and O–H groups in total. The van der Waals surface area contributed by atoms with Crippen molar-refractivity contribution in [3.8, 4) is 5.75 Å². The van der Waals surface area contributed by atoms with Crippen molar-refractivity contribution >= 4 is 32.5 Å². The monoisotopic (exact) mass is 496 g/mol. The average Bonchev–Trinajstić information content (AvgIpc) is 2.83. The lowest BCUT2D eigenvalue weighted by Gasteiger charge is -2.41. The van der Waals surface area contributed by atoms with E-state index < -0.39 is 9.84 Å². The van der Waals surface area contributed by atoms with Crippen LogP contribution >= 0.6 is 0 Å². The van der Waals surface area contributed by atoms with Crippen LogP contribution in [-0.4, -0.2) is 67.7 Å². The number of carbonyl (C=O) groups excluding carboxylic acids is 1. The number of aryl methyl sites for hydroxylation is 2. The highest BCUT2D eigenvalue weighted by Gasteiger charge is 2.29. The Morgan fingerprint density at radius 2 is 1.94 bits per heavy atom. The largest absolute Gasteiger partial charge is 0.495 e. The maximum atomic E-state index is 13.1. The van der Waals surface area contributed by atoms with Gasteiger partial charge in [0.2, 0.25) is 5.91 Å². The van der Waals surface area contributed by atoms with Gasteiger partial charge in [0, 0.05) is 43.7 Å². The number of piperazine rings is 1. The minimum atomic E-state index is -3.59. The Bertz CT molecular complexity index is 1340. The third kappa shape index (κ3) is 5.40. The molecule has 1 aromatic carbocycles. The van der Waals surface area contributed by atoms with Gasteiger partial charge in [-0.25, -0.2) is 13.4 Å². The maximum absolute atomic E-state index is 13.1. The van der Waals surface area contributed by atoms with Crippen molar-refractivity contribution in [3.05, 3.63) is 53.9 Å². The summed E-state index contributed by atoms with van der Waals surface area (Å²) in [5.41, 5.74) is 2.85. The van der Waals surface area contributed by atoms with Crippen molar-refractivity contribution in [2.75, 3.05) is 37.4 Å². The van der Waals surface area contributed by atoms with Gasteiger partial charge in [0.1, 0.15) is 11.6 Å². The van der Waals surface area contributed by atoms with Crippen molar-refractivity contribution in [1.82, 2.24) is 14.9 Å². The van der Waals surface area contributed by atoms with Crippen LogP contribution in [0.4, 0.5) is 5.82 Å². The molecule has 0 aliphatic carbocycles. The molecule has 0 radical (unpaired) electrons. The fraction of sp³-hybridized carbons (Fsp3) is 0.423. The highest BCUT2D eigenvalue weighted by molar-refractivity contribution is 7.91. The Balaban J connectivity index is 1.37. The molecular weight excluding hydrogens is 464 g/mol. The van der Waals surface area contributed by atoms with Crippen molar-refractivity contribution in [2.24, 2.45) is 0 Å². The van der Waals surface area contributed by atoms with Crippen LogP contribution in [0.2, 0.25) is 0 Å². The normalized spacial score (nSPS) is 16.5. The molecule has 0 unspecified atom stereocenters. The number of nitrogens with zero attached hydrogens (tertiary/aromatic N) is 4. The van der Waals surface area contributed by atoms with Gasteiger partial charge in [-0.15, -0.1) is 0 Å². The lowest BCUT2D eigenvalue weighted by Crippen LogP contribution is -2.54. The molecule has 4 rings (SSSR count). The van der Waals surface area contributed by atoms with Crippen LogP contribution in [0, 0.1) is 13.8 Å². The van der Waals surface area contributed by atoms with Gasteiger partial charge in [-0.3, -0.25) is 9.78 Å². The third-order valence-electron chi connectivity index (χ3n) is 6.47. The summed E-state index contributed by atoms with van der Waals surface area (Å²) in [7, 11) is -2.07. The van der Waals surface area contributed by atoms with E-state index in [2.05, 4.69) is 27.9 Å². The second-order valence-corrected chi connectivity index (χ2v) is 11.2. The predicted octanol–water partition coefficient (Wildman–Crippen LogP) is 3.55. The first-order chi connectivity index (χ1) is 16.7. The minimum Gasteiger partial charge on any atom is -0.495 e. The average molecular weight is 497 g/mol. The van der Waals surface area contributed by atoms with Crippen LogP contribution in [0.15, 0.2) is 47.6 Å². The van der Waals surface area contributed by atoms with Crippen LogP contribution in [-0.2, 0) is 14.6 Å². The molecule has 8 nitrogen and oxygen atoms in total. The zero-order valence-corrected chi connectivity index (χ0v) is 21.5. The molecule has 0 saturated carbocycles. The molecule has 1 atom stereocenters. The lowest BCUT2D eigenvalue weighted by atomic mass is 10.1. The SMILES string of the molecule is COc1cnc2cccc(S(=O)(=O)CCCC(=O)N3CCN(c4ncc(C)cc4C)C[C@@H]3C)c2c1. The van der Waals surface area contributed by atoms with Gasteiger partial charge >= 0.3 is 0 Å². The molecule has 1 aliphatic rings. The number of amides is 1. The molecule has 186 valence electrons. The van der Waals surface area contributed by atoms with Crippen molar-refractivity contribution < 1.29 is 17.9 Å². The van der Waals surface area contributed by atoms with E-state index in [0.29, 0.717) is 36.3 Å². The third-order valence-corrected chi connectivity index (χ3v) is 8.32. The number of hydrogen-bond acceptors (Lipinski definition) is 7.